The van der Waals surface area contributed by atoms with E-state index in [2.05, 4.69) is 25.9 Å². The zero-order valence-corrected chi connectivity index (χ0v) is 15.8. The molecule has 1 aromatic heterocycles. The van der Waals surface area contributed by atoms with E-state index < -0.39 is 0 Å². The van der Waals surface area contributed by atoms with Gasteiger partial charge in [0.2, 0.25) is 0 Å². The lowest BCUT2D eigenvalue weighted by Crippen LogP contribution is -2.26. The summed E-state index contributed by atoms with van der Waals surface area (Å²) in [4.78, 5) is 14.4. The molecule has 0 fully saturated rings. The summed E-state index contributed by atoms with van der Waals surface area (Å²) in [5.41, 5.74) is 4.01. The molecule has 1 heterocycles. The van der Waals surface area contributed by atoms with E-state index in [-0.39, 0.29) is 11.3 Å². The molecule has 4 heteroatoms. The normalized spacial score (nSPS) is 11.4. The molecular weight excluding hydrogens is 322 g/mol. The van der Waals surface area contributed by atoms with Crippen LogP contribution in [0.1, 0.15) is 42.3 Å². The predicted octanol–water partition coefficient (Wildman–Crippen LogP) is 4.44. The first-order valence-electron chi connectivity index (χ1n) is 8.79. The van der Waals surface area contributed by atoms with Gasteiger partial charge >= 0.3 is 0 Å². The summed E-state index contributed by atoms with van der Waals surface area (Å²) in [6.45, 7) is 7.02. The summed E-state index contributed by atoms with van der Waals surface area (Å²) < 4.78 is 1.83. The quantitative estimate of drug-likeness (QED) is 0.700. The zero-order chi connectivity index (χ0) is 18.7. The summed E-state index contributed by atoms with van der Waals surface area (Å²) in [6.07, 6.45) is 3.77. The van der Waals surface area contributed by atoms with Crippen molar-refractivity contribution in [1.82, 2.24) is 14.7 Å². The molecule has 1 amide bonds. The number of hydrogen-bond donors (Lipinski definition) is 0. The molecule has 3 rings (SSSR count). The standard InChI is InChI=1S/C22H25N3O/c1-22(2,3)19-12-10-18(11-13-19)21(26)24(4)15-17-14-23-25(16-17)20-8-6-5-7-9-20/h5-14,16H,15H2,1-4H3. The first-order chi connectivity index (χ1) is 12.3. The highest BCUT2D eigenvalue weighted by Crippen LogP contribution is 2.22. The van der Waals surface area contributed by atoms with Crippen LogP contribution in [0.25, 0.3) is 5.69 Å². The summed E-state index contributed by atoms with van der Waals surface area (Å²) >= 11 is 0. The molecule has 0 aliphatic heterocycles. The Labute approximate surface area is 155 Å². The van der Waals surface area contributed by atoms with Crippen LogP contribution >= 0.6 is 0 Å². The molecule has 26 heavy (non-hydrogen) atoms. The van der Waals surface area contributed by atoms with Gasteiger partial charge in [-0.3, -0.25) is 4.79 Å². The Morgan fingerprint density at radius 3 is 2.31 bits per heavy atom. The molecule has 0 aliphatic rings. The van der Waals surface area contributed by atoms with Crippen molar-refractivity contribution in [2.45, 2.75) is 32.7 Å². The van der Waals surface area contributed by atoms with Gasteiger partial charge in [-0.2, -0.15) is 5.10 Å². The maximum atomic E-state index is 12.7. The molecule has 0 atom stereocenters. The van der Waals surface area contributed by atoms with Crippen LogP contribution in [0.2, 0.25) is 0 Å². The maximum Gasteiger partial charge on any atom is 0.253 e. The average Bonchev–Trinajstić information content (AvgIpc) is 3.09. The van der Waals surface area contributed by atoms with Crippen molar-refractivity contribution >= 4 is 5.91 Å². The highest BCUT2D eigenvalue weighted by atomic mass is 16.2. The summed E-state index contributed by atoms with van der Waals surface area (Å²) in [5, 5.41) is 4.39. The fraction of sp³-hybridized carbons (Fsp3) is 0.273. The van der Waals surface area contributed by atoms with E-state index in [1.54, 1.807) is 11.1 Å². The Hall–Kier alpha value is -2.88. The van der Waals surface area contributed by atoms with Gasteiger partial charge < -0.3 is 4.90 Å². The Morgan fingerprint density at radius 2 is 1.69 bits per heavy atom. The number of carbonyl (C=O) groups excluding carboxylic acids is 1. The second kappa shape index (κ2) is 7.16. The van der Waals surface area contributed by atoms with E-state index in [1.807, 2.05) is 72.5 Å². The summed E-state index contributed by atoms with van der Waals surface area (Å²) in [6, 6.07) is 17.8. The molecule has 0 saturated heterocycles. The van der Waals surface area contributed by atoms with Crippen molar-refractivity contribution in [2.24, 2.45) is 0 Å². The molecule has 2 aromatic carbocycles. The molecule has 0 N–H and O–H groups in total. The van der Waals surface area contributed by atoms with Crippen molar-refractivity contribution in [3.05, 3.63) is 83.7 Å². The smallest absolute Gasteiger partial charge is 0.253 e. The minimum absolute atomic E-state index is 0.0120. The first-order valence-corrected chi connectivity index (χ1v) is 8.79. The van der Waals surface area contributed by atoms with Gasteiger partial charge in [-0.25, -0.2) is 4.68 Å². The van der Waals surface area contributed by atoms with Gasteiger partial charge in [0, 0.05) is 30.9 Å². The Morgan fingerprint density at radius 1 is 1.04 bits per heavy atom. The van der Waals surface area contributed by atoms with Crippen molar-refractivity contribution in [3.8, 4) is 5.69 Å². The Balaban J connectivity index is 1.69. The molecule has 0 aliphatic carbocycles. The van der Waals surface area contributed by atoms with Crippen LogP contribution in [0.5, 0.6) is 0 Å². The number of aromatic nitrogens is 2. The lowest BCUT2D eigenvalue weighted by atomic mass is 9.86. The molecular formula is C22H25N3O. The second-order valence-electron chi connectivity index (χ2n) is 7.62. The van der Waals surface area contributed by atoms with Gasteiger partial charge in [0.05, 0.1) is 11.9 Å². The van der Waals surface area contributed by atoms with Crippen LogP contribution < -0.4 is 0 Å². The number of hydrogen-bond acceptors (Lipinski definition) is 2. The summed E-state index contributed by atoms with van der Waals surface area (Å²) in [5.74, 6) is 0.0120. The fourth-order valence-corrected chi connectivity index (χ4v) is 2.84. The molecule has 3 aromatic rings. The molecule has 0 saturated carbocycles. The second-order valence-corrected chi connectivity index (χ2v) is 7.62. The van der Waals surface area contributed by atoms with E-state index in [4.69, 9.17) is 0 Å². The van der Waals surface area contributed by atoms with Crippen molar-refractivity contribution in [1.29, 1.82) is 0 Å². The van der Waals surface area contributed by atoms with E-state index in [9.17, 15) is 4.79 Å². The largest absolute Gasteiger partial charge is 0.337 e. The number of nitrogens with zero attached hydrogens (tertiary/aromatic N) is 3. The number of para-hydroxylation sites is 1. The van der Waals surface area contributed by atoms with Crippen molar-refractivity contribution < 1.29 is 4.79 Å². The zero-order valence-electron chi connectivity index (χ0n) is 15.8. The van der Waals surface area contributed by atoms with Gasteiger partial charge in [0.15, 0.2) is 0 Å². The van der Waals surface area contributed by atoms with Crippen molar-refractivity contribution in [2.75, 3.05) is 7.05 Å². The fourth-order valence-electron chi connectivity index (χ4n) is 2.84. The lowest BCUT2D eigenvalue weighted by Gasteiger charge is -2.20. The molecule has 4 nitrogen and oxygen atoms in total. The third-order valence-electron chi connectivity index (χ3n) is 4.42. The average molecular weight is 347 g/mol. The van der Waals surface area contributed by atoms with Gasteiger partial charge in [0.25, 0.3) is 5.91 Å². The number of rotatable bonds is 4. The highest BCUT2D eigenvalue weighted by Gasteiger charge is 2.16. The van der Waals surface area contributed by atoms with Gasteiger partial charge in [-0.05, 0) is 35.2 Å². The van der Waals surface area contributed by atoms with Crippen LogP contribution in [0.15, 0.2) is 67.0 Å². The highest BCUT2D eigenvalue weighted by molar-refractivity contribution is 5.94. The molecule has 134 valence electrons. The molecule has 0 unspecified atom stereocenters. The van der Waals surface area contributed by atoms with Gasteiger partial charge in [-0.15, -0.1) is 0 Å². The third-order valence-corrected chi connectivity index (χ3v) is 4.42. The van der Waals surface area contributed by atoms with Crippen LogP contribution in [-0.2, 0) is 12.0 Å². The van der Waals surface area contributed by atoms with Crippen LogP contribution in [0.4, 0.5) is 0 Å². The van der Waals surface area contributed by atoms with Crippen molar-refractivity contribution in [3.63, 3.8) is 0 Å². The van der Waals surface area contributed by atoms with E-state index in [1.165, 1.54) is 5.56 Å². The SMILES string of the molecule is CN(Cc1cnn(-c2ccccc2)c1)C(=O)c1ccc(C(C)(C)C)cc1. The van der Waals surface area contributed by atoms with E-state index in [0.717, 1.165) is 11.3 Å². The number of carbonyl (C=O) groups is 1. The van der Waals surface area contributed by atoms with Gasteiger partial charge in [-0.1, -0.05) is 51.1 Å². The number of amides is 1. The van der Waals surface area contributed by atoms with Gasteiger partial charge in [0.1, 0.15) is 0 Å². The molecule has 0 radical (unpaired) electrons. The third kappa shape index (κ3) is 4.02. The minimum Gasteiger partial charge on any atom is -0.337 e. The first kappa shape index (κ1) is 17.9. The Kier molecular flexibility index (Phi) is 4.94. The van der Waals surface area contributed by atoms with E-state index in [0.29, 0.717) is 12.1 Å². The van der Waals surface area contributed by atoms with Crippen LogP contribution in [0, 0.1) is 0 Å². The van der Waals surface area contributed by atoms with E-state index >= 15 is 0 Å². The summed E-state index contributed by atoms with van der Waals surface area (Å²) in [7, 11) is 1.82. The van der Waals surface area contributed by atoms with Crippen LogP contribution in [-0.4, -0.2) is 27.6 Å². The topological polar surface area (TPSA) is 38.1 Å². The minimum atomic E-state index is 0.0120. The number of benzene rings is 2. The molecule has 0 bridgehead atoms. The monoisotopic (exact) mass is 347 g/mol. The lowest BCUT2D eigenvalue weighted by molar-refractivity contribution is 0.0785. The predicted molar refractivity (Wildman–Crippen MR) is 105 cm³/mol. The maximum absolute atomic E-state index is 12.7. The molecule has 0 spiro atoms. The Bertz CT molecular complexity index is 874. The van der Waals surface area contributed by atoms with Crippen LogP contribution in [0.3, 0.4) is 0 Å².